The molecule has 0 radical (unpaired) electrons. The fourth-order valence-electron chi connectivity index (χ4n) is 3.15. The van der Waals surface area contributed by atoms with Crippen LogP contribution in [0.25, 0.3) is 11.0 Å². The van der Waals surface area contributed by atoms with Crippen LogP contribution < -0.4 is 10.2 Å². The number of carbonyl (C=O) groups excluding carboxylic acids is 1. The number of nitrogens with one attached hydrogen (secondary N) is 1. The van der Waals surface area contributed by atoms with E-state index < -0.39 is 0 Å². The molecule has 0 unspecified atom stereocenters. The maximum Gasteiger partial charge on any atom is 0.217 e. The minimum absolute atomic E-state index is 0.0430. The van der Waals surface area contributed by atoms with E-state index in [1.165, 1.54) is 0 Å². The summed E-state index contributed by atoms with van der Waals surface area (Å²) in [6.45, 7) is 7.39. The van der Waals surface area contributed by atoms with Crippen molar-refractivity contribution in [2.75, 3.05) is 18.0 Å². The van der Waals surface area contributed by atoms with Crippen LogP contribution in [0.15, 0.2) is 12.4 Å². The number of anilines is 1. The maximum absolute atomic E-state index is 11.2. The first kappa shape index (κ1) is 14.7. The highest BCUT2D eigenvalue weighted by Crippen LogP contribution is 2.27. The molecule has 1 aliphatic heterocycles. The van der Waals surface area contributed by atoms with E-state index in [9.17, 15) is 4.79 Å². The summed E-state index contributed by atoms with van der Waals surface area (Å²) in [6.07, 6.45) is 3.45. The van der Waals surface area contributed by atoms with E-state index in [4.69, 9.17) is 0 Å². The van der Waals surface area contributed by atoms with Crippen molar-refractivity contribution in [2.45, 2.75) is 39.7 Å². The molecule has 1 amide bonds. The normalized spacial score (nSPS) is 16.0. The van der Waals surface area contributed by atoms with Crippen molar-refractivity contribution < 1.29 is 4.79 Å². The second kappa shape index (κ2) is 5.87. The van der Waals surface area contributed by atoms with Crippen molar-refractivity contribution in [3.05, 3.63) is 23.7 Å². The van der Waals surface area contributed by atoms with Gasteiger partial charge in [-0.3, -0.25) is 4.79 Å². The average molecular weight is 299 g/mol. The number of hydrogen-bond acceptors (Lipinski definition) is 5. The third-order valence-corrected chi connectivity index (χ3v) is 4.11. The Hall–Kier alpha value is -2.24. The quantitative estimate of drug-likeness (QED) is 0.914. The predicted octanol–water partition coefficient (Wildman–Crippen LogP) is 1.75. The molecule has 1 fully saturated rings. The van der Waals surface area contributed by atoms with Gasteiger partial charge < -0.3 is 10.2 Å². The summed E-state index contributed by atoms with van der Waals surface area (Å²) in [7, 11) is 0. The SMILES string of the molecule is CC(=O)NC1CCN(c2ncnc3nc(C)cc(C)c23)CC1. The van der Waals surface area contributed by atoms with Crippen molar-refractivity contribution in [1.82, 2.24) is 20.3 Å². The number of aryl methyl sites for hydroxylation is 2. The zero-order valence-electron chi connectivity index (χ0n) is 13.3. The van der Waals surface area contributed by atoms with Crippen molar-refractivity contribution in [2.24, 2.45) is 0 Å². The van der Waals surface area contributed by atoms with Crippen LogP contribution in [-0.4, -0.2) is 40.0 Å². The second-order valence-corrected chi connectivity index (χ2v) is 5.94. The molecule has 1 saturated heterocycles. The molecule has 0 aliphatic carbocycles. The van der Waals surface area contributed by atoms with Gasteiger partial charge in [0.25, 0.3) is 0 Å². The third-order valence-electron chi connectivity index (χ3n) is 4.11. The topological polar surface area (TPSA) is 71.0 Å². The lowest BCUT2D eigenvalue weighted by atomic mass is 10.0. The smallest absolute Gasteiger partial charge is 0.217 e. The van der Waals surface area contributed by atoms with Gasteiger partial charge in [0.2, 0.25) is 5.91 Å². The fourth-order valence-corrected chi connectivity index (χ4v) is 3.15. The molecule has 22 heavy (non-hydrogen) atoms. The van der Waals surface area contributed by atoms with E-state index >= 15 is 0 Å². The predicted molar refractivity (Wildman–Crippen MR) is 85.9 cm³/mol. The van der Waals surface area contributed by atoms with Crippen LogP contribution in [0.4, 0.5) is 5.82 Å². The van der Waals surface area contributed by atoms with Gasteiger partial charge in [-0.05, 0) is 38.3 Å². The molecule has 116 valence electrons. The summed E-state index contributed by atoms with van der Waals surface area (Å²) in [6, 6.07) is 2.34. The minimum Gasteiger partial charge on any atom is -0.356 e. The molecular formula is C16H21N5O. The van der Waals surface area contributed by atoms with E-state index in [1.54, 1.807) is 13.3 Å². The number of pyridine rings is 1. The molecule has 0 aromatic carbocycles. The summed E-state index contributed by atoms with van der Waals surface area (Å²) in [5, 5.41) is 4.03. The number of carbonyl (C=O) groups is 1. The minimum atomic E-state index is 0.0430. The van der Waals surface area contributed by atoms with Gasteiger partial charge in [-0.15, -0.1) is 0 Å². The lowest BCUT2D eigenvalue weighted by Crippen LogP contribution is -2.44. The van der Waals surface area contributed by atoms with E-state index in [1.807, 2.05) is 6.92 Å². The molecule has 3 rings (SSSR count). The van der Waals surface area contributed by atoms with Crippen LogP contribution in [-0.2, 0) is 4.79 Å². The molecule has 1 aliphatic rings. The zero-order valence-corrected chi connectivity index (χ0v) is 13.3. The van der Waals surface area contributed by atoms with Gasteiger partial charge in [-0.1, -0.05) is 0 Å². The third kappa shape index (κ3) is 2.86. The van der Waals surface area contributed by atoms with Gasteiger partial charge in [0.1, 0.15) is 12.1 Å². The number of amides is 1. The highest BCUT2D eigenvalue weighted by molar-refractivity contribution is 5.90. The number of rotatable bonds is 2. The molecular weight excluding hydrogens is 278 g/mol. The van der Waals surface area contributed by atoms with Crippen molar-refractivity contribution >= 4 is 22.8 Å². The largest absolute Gasteiger partial charge is 0.356 e. The molecule has 6 nitrogen and oxygen atoms in total. The maximum atomic E-state index is 11.2. The van der Waals surface area contributed by atoms with E-state index in [0.717, 1.165) is 54.0 Å². The fraction of sp³-hybridized carbons (Fsp3) is 0.500. The molecule has 0 saturated carbocycles. The molecule has 3 heterocycles. The lowest BCUT2D eigenvalue weighted by molar-refractivity contribution is -0.119. The highest BCUT2D eigenvalue weighted by Gasteiger charge is 2.22. The molecule has 0 spiro atoms. The van der Waals surface area contributed by atoms with Crippen LogP contribution in [0, 0.1) is 13.8 Å². The standard InChI is InChI=1S/C16H21N5O/c1-10-8-11(2)19-15-14(10)16(18-9-17-15)21-6-4-13(5-7-21)20-12(3)22/h8-9,13H,4-7H2,1-3H3,(H,20,22). The van der Waals surface area contributed by atoms with Crippen LogP contribution in [0.2, 0.25) is 0 Å². The Morgan fingerprint density at radius 3 is 2.68 bits per heavy atom. The summed E-state index contributed by atoms with van der Waals surface area (Å²) in [5.74, 6) is 0.998. The molecule has 2 aromatic rings. The summed E-state index contributed by atoms with van der Waals surface area (Å²) >= 11 is 0. The highest BCUT2D eigenvalue weighted by atomic mass is 16.1. The Balaban J connectivity index is 1.87. The first-order valence-electron chi connectivity index (χ1n) is 7.65. The Kier molecular flexibility index (Phi) is 3.92. The lowest BCUT2D eigenvalue weighted by Gasteiger charge is -2.33. The van der Waals surface area contributed by atoms with Crippen LogP contribution in [0.3, 0.4) is 0 Å². The second-order valence-electron chi connectivity index (χ2n) is 5.94. The molecule has 2 aromatic heterocycles. The Morgan fingerprint density at radius 1 is 1.27 bits per heavy atom. The van der Waals surface area contributed by atoms with Crippen LogP contribution >= 0.6 is 0 Å². The van der Waals surface area contributed by atoms with E-state index in [2.05, 4.69) is 38.2 Å². The Bertz CT molecular complexity index is 707. The van der Waals surface area contributed by atoms with Gasteiger partial charge >= 0.3 is 0 Å². The van der Waals surface area contributed by atoms with Crippen LogP contribution in [0.5, 0.6) is 0 Å². The Morgan fingerprint density at radius 2 is 2.00 bits per heavy atom. The van der Waals surface area contributed by atoms with E-state index in [0.29, 0.717) is 0 Å². The average Bonchev–Trinajstić information content (AvgIpc) is 2.46. The van der Waals surface area contributed by atoms with Gasteiger partial charge in [-0.25, -0.2) is 15.0 Å². The zero-order chi connectivity index (χ0) is 15.7. The van der Waals surface area contributed by atoms with Crippen molar-refractivity contribution in [1.29, 1.82) is 0 Å². The van der Waals surface area contributed by atoms with Gasteiger partial charge in [0.15, 0.2) is 5.65 Å². The van der Waals surface area contributed by atoms with Crippen LogP contribution in [0.1, 0.15) is 31.0 Å². The number of fused-ring (bicyclic) bond motifs is 1. The van der Waals surface area contributed by atoms with Crippen molar-refractivity contribution in [3.63, 3.8) is 0 Å². The van der Waals surface area contributed by atoms with Gasteiger partial charge in [-0.2, -0.15) is 0 Å². The van der Waals surface area contributed by atoms with Gasteiger partial charge in [0.05, 0.1) is 5.39 Å². The monoisotopic (exact) mass is 299 g/mol. The summed E-state index contributed by atoms with van der Waals surface area (Å²) < 4.78 is 0. The first-order chi connectivity index (χ1) is 10.5. The number of aromatic nitrogens is 3. The van der Waals surface area contributed by atoms with Gasteiger partial charge in [0, 0.05) is 31.7 Å². The first-order valence-corrected chi connectivity index (χ1v) is 7.65. The summed E-state index contributed by atoms with van der Waals surface area (Å²) in [4.78, 5) is 26.7. The number of hydrogen-bond donors (Lipinski definition) is 1. The van der Waals surface area contributed by atoms with E-state index in [-0.39, 0.29) is 11.9 Å². The number of nitrogens with zero attached hydrogens (tertiary/aromatic N) is 4. The summed E-state index contributed by atoms with van der Waals surface area (Å²) in [5.41, 5.74) is 2.88. The molecule has 0 bridgehead atoms. The van der Waals surface area contributed by atoms with Crippen molar-refractivity contribution in [3.8, 4) is 0 Å². The Labute approximate surface area is 130 Å². The number of piperidine rings is 1. The molecule has 1 N–H and O–H groups in total. The molecule has 0 atom stereocenters. The molecule has 6 heteroatoms.